The second-order valence-corrected chi connectivity index (χ2v) is 6.77. The Morgan fingerprint density at radius 1 is 1.04 bits per heavy atom. The van der Waals surface area contributed by atoms with Crippen LogP contribution in [0.3, 0.4) is 0 Å². The van der Waals surface area contributed by atoms with Gasteiger partial charge in [-0.05, 0) is 59.7 Å². The summed E-state index contributed by atoms with van der Waals surface area (Å²) in [5.74, 6) is 1.70. The van der Waals surface area contributed by atoms with E-state index in [2.05, 4.69) is 20.8 Å². The summed E-state index contributed by atoms with van der Waals surface area (Å²) >= 11 is 12.4. The molecule has 0 atom stereocenters. The second kappa shape index (κ2) is 9.61. The van der Waals surface area contributed by atoms with Gasteiger partial charge in [0, 0.05) is 18.1 Å². The zero-order valence-electron chi connectivity index (χ0n) is 15.7. The summed E-state index contributed by atoms with van der Waals surface area (Å²) in [7, 11) is 0. The Morgan fingerprint density at radius 3 is 2.54 bits per heavy atom. The Kier molecular flexibility index (Phi) is 6.95. The molecule has 0 amide bonds. The maximum absolute atomic E-state index is 6.48. The summed E-state index contributed by atoms with van der Waals surface area (Å²) in [6.07, 6.45) is 0. The molecule has 1 aromatic heterocycles. The molecule has 2 aromatic carbocycles. The summed E-state index contributed by atoms with van der Waals surface area (Å²) in [6.45, 7) is 5.92. The van der Waals surface area contributed by atoms with Gasteiger partial charge < -0.3 is 14.8 Å². The zero-order valence-corrected chi connectivity index (χ0v) is 17.2. The Morgan fingerprint density at radius 2 is 1.82 bits per heavy atom. The highest BCUT2D eigenvalue weighted by atomic mass is 35.5. The molecule has 0 fully saturated rings. The van der Waals surface area contributed by atoms with Gasteiger partial charge in [0.15, 0.2) is 11.5 Å². The lowest BCUT2D eigenvalue weighted by atomic mass is 10.2. The van der Waals surface area contributed by atoms with Gasteiger partial charge in [-0.2, -0.15) is 0 Å². The van der Waals surface area contributed by atoms with E-state index in [1.165, 1.54) is 0 Å². The molecule has 3 rings (SSSR count). The Labute approximate surface area is 173 Å². The number of tetrazole rings is 1. The Hall–Kier alpha value is -2.51. The highest BCUT2D eigenvalue weighted by Crippen LogP contribution is 2.37. The molecule has 28 heavy (non-hydrogen) atoms. The number of anilines is 1. The number of ether oxygens (including phenoxy) is 2. The number of hydrogen-bond donors (Lipinski definition) is 1. The van der Waals surface area contributed by atoms with Crippen molar-refractivity contribution in [2.75, 3.05) is 11.9 Å². The largest absolute Gasteiger partial charge is 0.490 e. The van der Waals surface area contributed by atoms with Crippen LogP contribution in [0.4, 0.5) is 5.95 Å². The molecule has 0 bridgehead atoms. The molecule has 0 aliphatic rings. The van der Waals surface area contributed by atoms with E-state index in [0.29, 0.717) is 53.8 Å². The van der Waals surface area contributed by atoms with E-state index >= 15 is 0 Å². The number of nitrogens with zero attached hydrogens (tertiary/aromatic N) is 4. The van der Waals surface area contributed by atoms with E-state index in [-0.39, 0.29) is 0 Å². The van der Waals surface area contributed by atoms with Crippen LogP contribution >= 0.6 is 23.2 Å². The van der Waals surface area contributed by atoms with Crippen molar-refractivity contribution >= 4 is 29.2 Å². The normalized spacial score (nSPS) is 10.7. The topological polar surface area (TPSA) is 74.1 Å². The number of aryl methyl sites for hydroxylation is 1. The first kappa shape index (κ1) is 20.2. The minimum absolute atomic E-state index is 0.361. The van der Waals surface area contributed by atoms with Gasteiger partial charge in [-0.1, -0.05) is 40.4 Å². The van der Waals surface area contributed by atoms with Gasteiger partial charge in [-0.25, -0.2) is 4.68 Å². The van der Waals surface area contributed by atoms with Crippen molar-refractivity contribution in [1.29, 1.82) is 0 Å². The molecule has 0 unspecified atom stereocenters. The summed E-state index contributed by atoms with van der Waals surface area (Å²) in [4.78, 5) is 0. The molecule has 0 aliphatic heterocycles. The highest BCUT2D eigenvalue weighted by Gasteiger charge is 2.14. The lowest BCUT2D eigenvalue weighted by Crippen LogP contribution is -2.08. The first-order chi connectivity index (χ1) is 13.6. The van der Waals surface area contributed by atoms with Crippen LogP contribution in [0.5, 0.6) is 11.5 Å². The molecule has 1 N–H and O–H groups in total. The maximum Gasteiger partial charge on any atom is 0.243 e. The van der Waals surface area contributed by atoms with Gasteiger partial charge >= 0.3 is 0 Å². The molecular formula is C19H21Cl2N5O2. The maximum atomic E-state index is 6.48. The van der Waals surface area contributed by atoms with Crippen LogP contribution in [0.25, 0.3) is 0 Å². The molecule has 148 valence electrons. The minimum atomic E-state index is 0.361. The molecule has 0 aliphatic carbocycles. The van der Waals surface area contributed by atoms with E-state index in [1.807, 2.05) is 50.2 Å². The molecule has 1 heterocycles. The average Bonchev–Trinajstić information content (AvgIpc) is 3.15. The van der Waals surface area contributed by atoms with Gasteiger partial charge in [-0.3, -0.25) is 0 Å². The molecule has 0 spiro atoms. The van der Waals surface area contributed by atoms with Crippen LogP contribution in [0, 0.1) is 0 Å². The number of nitrogens with one attached hydrogen (secondary N) is 1. The van der Waals surface area contributed by atoms with Crippen LogP contribution in [0.15, 0.2) is 36.4 Å². The van der Waals surface area contributed by atoms with E-state index in [4.69, 9.17) is 32.7 Å². The second-order valence-electron chi connectivity index (χ2n) is 5.92. The summed E-state index contributed by atoms with van der Waals surface area (Å²) in [5, 5.41) is 15.9. The molecule has 3 aromatic rings. The SMILES string of the molecule is CCOc1cc(CNc2nnnn2CC)cc(Cl)c1OCc1ccc(Cl)cc1. The van der Waals surface area contributed by atoms with E-state index in [9.17, 15) is 0 Å². The molecular weight excluding hydrogens is 401 g/mol. The quantitative estimate of drug-likeness (QED) is 0.544. The standard InChI is InChI=1S/C19H21Cl2N5O2/c1-3-26-19(23-24-25-26)22-11-14-9-16(21)18(17(10-14)27-4-2)28-12-13-5-7-15(20)8-6-13/h5-10H,3-4,11-12H2,1-2H3,(H,22,23,25). The van der Waals surface area contributed by atoms with Gasteiger partial charge in [-0.15, -0.1) is 0 Å². The molecule has 0 radical (unpaired) electrons. The van der Waals surface area contributed by atoms with E-state index in [0.717, 1.165) is 11.1 Å². The fourth-order valence-electron chi connectivity index (χ4n) is 2.59. The first-order valence-electron chi connectivity index (χ1n) is 8.93. The average molecular weight is 422 g/mol. The third-order valence-electron chi connectivity index (χ3n) is 3.95. The van der Waals surface area contributed by atoms with Crippen molar-refractivity contribution in [2.45, 2.75) is 33.5 Å². The van der Waals surface area contributed by atoms with Crippen LogP contribution in [0.2, 0.25) is 10.0 Å². The Balaban J connectivity index is 1.74. The van der Waals surface area contributed by atoms with Gasteiger partial charge in [0.1, 0.15) is 6.61 Å². The highest BCUT2D eigenvalue weighted by molar-refractivity contribution is 6.32. The lowest BCUT2D eigenvalue weighted by molar-refractivity contribution is 0.269. The van der Waals surface area contributed by atoms with Gasteiger partial charge in [0.05, 0.1) is 11.6 Å². The number of halogens is 2. The predicted octanol–water partition coefficient (Wildman–Crippen LogP) is 4.59. The summed E-state index contributed by atoms with van der Waals surface area (Å²) in [6, 6.07) is 11.2. The summed E-state index contributed by atoms with van der Waals surface area (Å²) in [5.41, 5.74) is 1.91. The fourth-order valence-corrected chi connectivity index (χ4v) is 3.00. The Bertz CT molecular complexity index is 915. The van der Waals surface area contributed by atoms with Crippen molar-refractivity contribution in [3.63, 3.8) is 0 Å². The lowest BCUT2D eigenvalue weighted by Gasteiger charge is -2.16. The monoisotopic (exact) mass is 421 g/mol. The number of rotatable bonds is 9. The summed E-state index contributed by atoms with van der Waals surface area (Å²) < 4.78 is 13.4. The number of aromatic nitrogens is 4. The number of benzene rings is 2. The third kappa shape index (κ3) is 5.05. The van der Waals surface area contributed by atoms with Crippen molar-refractivity contribution in [1.82, 2.24) is 20.2 Å². The fraction of sp³-hybridized carbons (Fsp3) is 0.316. The molecule has 0 saturated heterocycles. The van der Waals surface area contributed by atoms with Crippen molar-refractivity contribution in [2.24, 2.45) is 0 Å². The smallest absolute Gasteiger partial charge is 0.243 e. The zero-order chi connectivity index (χ0) is 19.9. The van der Waals surface area contributed by atoms with Crippen molar-refractivity contribution < 1.29 is 9.47 Å². The van der Waals surface area contributed by atoms with Crippen LogP contribution in [-0.2, 0) is 19.7 Å². The predicted molar refractivity (Wildman–Crippen MR) is 109 cm³/mol. The molecule has 0 saturated carbocycles. The molecule has 7 nitrogen and oxygen atoms in total. The van der Waals surface area contributed by atoms with E-state index < -0.39 is 0 Å². The molecule has 9 heteroatoms. The van der Waals surface area contributed by atoms with Crippen LogP contribution in [-0.4, -0.2) is 26.8 Å². The van der Waals surface area contributed by atoms with Crippen LogP contribution in [0.1, 0.15) is 25.0 Å². The van der Waals surface area contributed by atoms with Gasteiger partial charge in [0.25, 0.3) is 0 Å². The van der Waals surface area contributed by atoms with E-state index in [1.54, 1.807) is 4.68 Å². The number of hydrogen-bond acceptors (Lipinski definition) is 6. The van der Waals surface area contributed by atoms with Crippen molar-refractivity contribution in [3.8, 4) is 11.5 Å². The minimum Gasteiger partial charge on any atom is -0.490 e. The van der Waals surface area contributed by atoms with Crippen molar-refractivity contribution in [3.05, 3.63) is 57.6 Å². The van der Waals surface area contributed by atoms with Gasteiger partial charge in [0.2, 0.25) is 5.95 Å². The third-order valence-corrected chi connectivity index (χ3v) is 4.48. The van der Waals surface area contributed by atoms with Crippen LogP contribution < -0.4 is 14.8 Å². The first-order valence-corrected chi connectivity index (χ1v) is 9.68.